The highest BCUT2D eigenvalue weighted by molar-refractivity contribution is 5.26. The number of hydrogen-bond donors (Lipinski definition) is 2. The highest BCUT2D eigenvalue weighted by atomic mass is 16.3. The summed E-state index contributed by atoms with van der Waals surface area (Å²) in [6.07, 6.45) is 1.09. The predicted molar refractivity (Wildman–Crippen MR) is 63.9 cm³/mol. The van der Waals surface area contributed by atoms with Crippen LogP contribution in [-0.4, -0.2) is 18.2 Å². The summed E-state index contributed by atoms with van der Waals surface area (Å²) in [7, 11) is 0. The first-order chi connectivity index (χ1) is 7.06. The second-order valence-corrected chi connectivity index (χ2v) is 4.32. The molecule has 0 aliphatic carbocycles. The van der Waals surface area contributed by atoms with Crippen LogP contribution in [0.25, 0.3) is 0 Å². The van der Waals surface area contributed by atoms with Crippen molar-refractivity contribution in [3.05, 3.63) is 35.4 Å². The van der Waals surface area contributed by atoms with E-state index in [0.717, 1.165) is 18.5 Å². The molecule has 1 aromatic rings. The normalized spacial score (nSPS) is 14.9. The second-order valence-electron chi connectivity index (χ2n) is 4.32. The third-order valence-electron chi connectivity index (χ3n) is 2.57. The predicted octanol–water partition coefficient (Wildman–Crippen LogP) is 2.20. The minimum absolute atomic E-state index is 0.601. The molecule has 0 aromatic heterocycles. The Morgan fingerprint density at radius 1 is 1.27 bits per heavy atom. The van der Waals surface area contributed by atoms with Gasteiger partial charge >= 0.3 is 0 Å². The molecule has 2 nitrogen and oxygen atoms in total. The molecule has 2 N–H and O–H groups in total. The molecule has 0 bridgehead atoms. The van der Waals surface area contributed by atoms with Gasteiger partial charge in [0.1, 0.15) is 0 Å². The summed E-state index contributed by atoms with van der Waals surface area (Å²) in [6.45, 7) is 7.56. The summed E-state index contributed by atoms with van der Waals surface area (Å²) in [6, 6.07) is 8.04. The molecule has 0 saturated carbocycles. The summed E-state index contributed by atoms with van der Waals surface area (Å²) in [5.74, 6) is 0. The summed E-state index contributed by atoms with van der Waals surface area (Å²) in [5, 5.41) is 13.5. The fourth-order valence-corrected chi connectivity index (χ4v) is 1.52. The average molecular weight is 207 g/mol. The van der Waals surface area contributed by atoms with Crippen LogP contribution in [0, 0.1) is 6.92 Å². The first-order valence-corrected chi connectivity index (χ1v) is 5.56. The minimum Gasteiger partial charge on any atom is -0.384 e. The number of hydrogen-bond acceptors (Lipinski definition) is 2. The molecular weight excluding hydrogens is 186 g/mol. The fourth-order valence-electron chi connectivity index (χ4n) is 1.52. The number of rotatable bonds is 5. The van der Waals surface area contributed by atoms with Gasteiger partial charge in [0.25, 0.3) is 0 Å². The van der Waals surface area contributed by atoms with Crippen LogP contribution in [0.5, 0.6) is 0 Å². The van der Waals surface area contributed by atoms with Crippen LogP contribution in [-0.2, 0) is 5.60 Å². The van der Waals surface area contributed by atoms with Crippen molar-refractivity contribution < 1.29 is 5.11 Å². The Hall–Kier alpha value is -0.860. The van der Waals surface area contributed by atoms with Crippen molar-refractivity contribution >= 4 is 0 Å². The molecule has 1 atom stereocenters. The fraction of sp³-hybridized carbons (Fsp3) is 0.538. The van der Waals surface area contributed by atoms with Crippen LogP contribution < -0.4 is 5.32 Å². The zero-order chi connectivity index (χ0) is 11.3. The van der Waals surface area contributed by atoms with Crippen LogP contribution in [0.15, 0.2) is 24.3 Å². The molecule has 2 heteroatoms. The zero-order valence-corrected chi connectivity index (χ0v) is 9.88. The topological polar surface area (TPSA) is 32.3 Å². The Labute approximate surface area is 92.3 Å². The summed E-state index contributed by atoms with van der Waals surface area (Å²) >= 11 is 0. The molecule has 1 unspecified atom stereocenters. The highest BCUT2D eigenvalue weighted by Gasteiger charge is 2.21. The van der Waals surface area contributed by atoms with Crippen LogP contribution >= 0.6 is 0 Å². The van der Waals surface area contributed by atoms with E-state index in [2.05, 4.69) is 12.2 Å². The van der Waals surface area contributed by atoms with Crippen molar-refractivity contribution in [1.82, 2.24) is 5.32 Å². The van der Waals surface area contributed by atoms with E-state index in [0.29, 0.717) is 6.54 Å². The monoisotopic (exact) mass is 207 g/mol. The molecule has 0 spiro atoms. The number of nitrogens with one attached hydrogen (secondary N) is 1. The Kier molecular flexibility index (Phi) is 4.30. The molecule has 0 aliphatic heterocycles. The molecule has 84 valence electrons. The largest absolute Gasteiger partial charge is 0.384 e. The first-order valence-electron chi connectivity index (χ1n) is 5.56. The van der Waals surface area contributed by atoms with E-state index in [9.17, 15) is 5.11 Å². The van der Waals surface area contributed by atoms with E-state index >= 15 is 0 Å². The Bertz CT molecular complexity index is 290. The lowest BCUT2D eigenvalue weighted by Gasteiger charge is -2.24. The van der Waals surface area contributed by atoms with Crippen molar-refractivity contribution in [1.29, 1.82) is 0 Å². The van der Waals surface area contributed by atoms with Crippen molar-refractivity contribution in [2.45, 2.75) is 32.8 Å². The molecule has 0 heterocycles. The van der Waals surface area contributed by atoms with E-state index in [1.54, 1.807) is 0 Å². The maximum absolute atomic E-state index is 10.2. The molecule has 1 rings (SSSR count). The summed E-state index contributed by atoms with van der Waals surface area (Å²) in [5.41, 5.74) is 1.41. The van der Waals surface area contributed by atoms with Crippen molar-refractivity contribution in [2.24, 2.45) is 0 Å². The standard InChI is InChI=1S/C13H21NO/c1-4-9-14-10-13(3,15)12-7-5-11(2)6-8-12/h5-8,14-15H,4,9-10H2,1-3H3. The van der Waals surface area contributed by atoms with Gasteiger partial charge in [-0.1, -0.05) is 36.8 Å². The molecule has 1 aromatic carbocycles. The summed E-state index contributed by atoms with van der Waals surface area (Å²) in [4.78, 5) is 0. The molecule has 15 heavy (non-hydrogen) atoms. The summed E-state index contributed by atoms with van der Waals surface area (Å²) < 4.78 is 0. The molecule has 0 fully saturated rings. The lowest BCUT2D eigenvalue weighted by Crippen LogP contribution is -2.35. The molecule has 0 amide bonds. The van der Waals surface area contributed by atoms with Gasteiger partial charge in [-0.2, -0.15) is 0 Å². The van der Waals surface area contributed by atoms with Crippen molar-refractivity contribution in [2.75, 3.05) is 13.1 Å². The SMILES string of the molecule is CCCNCC(C)(O)c1ccc(C)cc1. The van der Waals surface area contributed by atoms with Crippen molar-refractivity contribution in [3.63, 3.8) is 0 Å². The van der Waals surface area contributed by atoms with E-state index in [1.807, 2.05) is 38.1 Å². The maximum Gasteiger partial charge on any atom is 0.0992 e. The van der Waals surface area contributed by atoms with Gasteiger partial charge in [-0.25, -0.2) is 0 Å². The molecule has 0 aliphatic rings. The second kappa shape index (κ2) is 5.29. The van der Waals surface area contributed by atoms with Gasteiger partial charge < -0.3 is 10.4 Å². The lowest BCUT2D eigenvalue weighted by molar-refractivity contribution is 0.0572. The van der Waals surface area contributed by atoms with E-state index in [-0.39, 0.29) is 0 Å². The van der Waals surface area contributed by atoms with E-state index in [1.165, 1.54) is 5.56 Å². The van der Waals surface area contributed by atoms with Gasteiger partial charge in [0.15, 0.2) is 0 Å². The van der Waals surface area contributed by atoms with Crippen molar-refractivity contribution in [3.8, 4) is 0 Å². The Morgan fingerprint density at radius 3 is 2.40 bits per heavy atom. The maximum atomic E-state index is 10.2. The van der Waals surface area contributed by atoms with Gasteiger partial charge in [0.2, 0.25) is 0 Å². The van der Waals surface area contributed by atoms with Gasteiger partial charge in [-0.3, -0.25) is 0 Å². The minimum atomic E-state index is -0.775. The lowest BCUT2D eigenvalue weighted by atomic mass is 9.95. The van der Waals surface area contributed by atoms with Gasteiger partial charge in [-0.15, -0.1) is 0 Å². The van der Waals surface area contributed by atoms with Gasteiger partial charge in [-0.05, 0) is 32.4 Å². The first kappa shape index (κ1) is 12.2. The van der Waals surface area contributed by atoms with Gasteiger partial charge in [0, 0.05) is 6.54 Å². The Morgan fingerprint density at radius 2 is 1.87 bits per heavy atom. The highest BCUT2D eigenvalue weighted by Crippen LogP contribution is 2.19. The zero-order valence-electron chi connectivity index (χ0n) is 9.88. The van der Waals surface area contributed by atoms with Crippen LogP contribution in [0.4, 0.5) is 0 Å². The Balaban J connectivity index is 2.63. The number of aryl methyl sites for hydroxylation is 1. The quantitative estimate of drug-likeness (QED) is 0.725. The number of aliphatic hydroxyl groups is 1. The van der Waals surface area contributed by atoms with Gasteiger partial charge in [0.05, 0.1) is 5.60 Å². The number of benzene rings is 1. The third-order valence-corrected chi connectivity index (χ3v) is 2.57. The van der Waals surface area contributed by atoms with E-state index < -0.39 is 5.60 Å². The van der Waals surface area contributed by atoms with Crippen LogP contribution in [0.1, 0.15) is 31.4 Å². The molecule has 0 saturated heterocycles. The molecule has 0 radical (unpaired) electrons. The molecular formula is C13H21NO. The average Bonchev–Trinajstić information content (AvgIpc) is 2.18. The third kappa shape index (κ3) is 3.65. The van der Waals surface area contributed by atoms with Crippen LogP contribution in [0.2, 0.25) is 0 Å². The van der Waals surface area contributed by atoms with Crippen LogP contribution in [0.3, 0.4) is 0 Å². The van der Waals surface area contributed by atoms with E-state index in [4.69, 9.17) is 0 Å². The smallest absolute Gasteiger partial charge is 0.0992 e.